The summed E-state index contributed by atoms with van der Waals surface area (Å²) < 4.78 is 19.6. The van der Waals surface area contributed by atoms with Crippen LogP contribution < -0.4 is 15.4 Å². The number of halogens is 2. The van der Waals surface area contributed by atoms with Gasteiger partial charge in [-0.3, -0.25) is 4.79 Å². The predicted octanol–water partition coefficient (Wildman–Crippen LogP) is 5.79. The number of rotatable bonds is 11. The van der Waals surface area contributed by atoms with Crippen molar-refractivity contribution in [2.45, 2.75) is 26.7 Å². The van der Waals surface area contributed by atoms with Crippen molar-refractivity contribution in [3.8, 4) is 5.75 Å². The van der Waals surface area contributed by atoms with Crippen molar-refractivity contribution in [1.82, 2.24) is 14.9 Å². The summed E-state index contributed by atoms with van der Waals surface area (Å²) in [6.45, 7) is 7.30. The van der Waals surface area contributed by atoms with Crippen LogP contribution in [0.5, 0.6) is 5.75 Å². The van der Waals surface area contributed by atoms with Gasteiger partial charge in [-0.1, -0.05) is 31.5 Å². The van der Waals surface area contributed by atoms with Gasteiger partial charge in [-0.2, -0.15) is 0 Å². The van der Waals surface area contributed by atoms with Crippen LogP contribution in [0.2, 0.25) is 5.02 Å². The number of hydrogen-bond acceptors (Lipinski definition) is 6. The van der Waals surface area contributed by atoms with E-state index in [9.17, 15) is 9.18 Å². The average Bonchev–Trinajstić information content (AvgIpc) is 3.68. The van der Waals surface area contributed by atoms with Gasteiger partial charge in [0, 0.05) is 29.8 Å². The summed E-state index contributed by atoms with van der Waals surface area (Å²) >= 11 is 5.93. The summed E-state index contributed by atoms with van der Waals surface area (Å²) in [6.07, 6.45) is 7.13. The standard InChI is InChI=1S/C26H29ClFN5O2/c1-3-33(4-2)11-5-6-25(34)32-23-13-19-22(14-24(23)35-15-17-7-8-17)29-16-30-26(19)31-18-9-10-21(28)20(27)12-18/h5-6,9-10,12-14,16-17H,3-4,7-8,11,15H2,1-2H3,(H,32,34)(H,29,30,31). The predicted molar refractivity (Wildman–Crippen MR) is 138 cm³/mol. The first-order chi connectivity index (χ1) is 17.0. The fraction of sp³-hybridized carbons (Fsp3) is 0.346. The van der Waals surface area contributed by atoms with Gasteiger partial charge in [-0.15, -0.1) is 0 Å². The maximum absolute atomic E-state index is 13.6. The molecule has 0 saturated heterocycles. The van der Waals surface area contributed by atoms with Crippen LogP contribution in [0.15, 0.2) is 48.8 Å². The van der Waals surface area contributed by atoms with Crippen LogP contribution in [0.4, 0.5) is 21.6 Å². The molecule has 1 fully saturated rings. The number of hydrogen-bond donors (Lipinski definition) is 2. The Morgan fingerprint density at radius 1 is 1.23 bits per heavy atom. The lowest BCUT2D eigenvalue weighted by atomic mass is 10.1. The molecule has 1 heterocycles. The zero-order chi connectivity index (χ0) is 24.8. The van der Waals surface area contributed by atoms with E-state index >= 15 is 0 Å². The Bertz CT molecular complexity index is 1230. The number of ether oxygens (including phenoxy) is 1. The molecule has 9 heteroatoms. The van der Waals surface area contributed by atoms with Gasteiger partial charge in [0.2, 0.25) is 5.91 Å². The fourth-order valence-electron chi connectivity index (χ4n) is 3.57. The van der Waals surface area contributed by atoms with Crippen LogP contribution >= 0.6 is 11.6 Å². The molecule has 7 nitrogen and oxygen atoms in total. The Kier molecular flexibility index (Phi) is 8.15. The van der Waals surface area contributed by atoms with Gasteiger partial charge >= 0.3 is 0 Å². The maximum Gasteiger partial charge on any atom is 0.248 e. The molecule has 0 aliphatic heterocycles. The van der Waals surface area contributed by atoms with E-state index in [1.807, 2.05) is 6.08 Å². The summed E-state index contributed by atoms with van der Waals surface area (Å²) in [5.74, 6) is 0.864. The first kappa shape index (κ1) is 24.9. The highest BCUT2D eigenvalue weighted by molar-refractivity contribution is 6.31. The number of nitrogens with zero attached hydrogens (tertiary/aromatic N) is 3. The van der Waals surface area contributed by atoms with E-state index in [1.165, 1.54) is 24.5 Å². The quantitative estimate of drug-likeness (QED) is 0.326. The number of anilines is 3. The molecule has 1 aliphatic carbocycles. The summed E-state index contributed by atoms with van der Waals surface area (Å²) in [6, 6.07) is 7.94. The van der Waals surface area contributed by atoms with Crippen LogP contribution in [-0.2, 0) is 4.79 Å². The highest BCUT2D eigenvalue weighted by atomic mass is 35.5. The van der Waals surface area contributed by atoms with Crippen molar-refractivity contribution in [3.05, 3.63) is 59.7 Å². The molecule has 1 aromatic heterocycles. The number of aromatic nitrogens is 2. The second-order valence-corrected chi connectivity index (χ2v) is 8.88. The normalized spacial score (nSPS) is 13.5. The van der Waals surface area contributed by atoms with Crippen LogP contribution in [0.3, 0.4) is 0 Å². The number of carbonyl (C=O) groups is 1. The van der Waals surface area contributed by atoms with Crippen molar-refractivity contribution < 1.29 is 13.9 Å². The molecule has 0 bridgehead atoms. The molecular formula is C26H29ClFN5O2. The van der Waals surface area contributed by atoms with Crippen molar-refractivity contribution in [2.24, 2.45) is 5.92 Å². The monoisotopic (exact) mass is 497 g/mol. The Morgan fingerprint density at radius 3 is 2.74 bits per heavy atom. The van der Waals surface area contributed by atoms with Gasteiger partial charge in [0.05, 0.1) is 22.8 Å². The molecule has 184 valence electrons. The Morgan fingerprint density at radius 2 is 2.03 bits per heavy atom. The highest BCUT2D eigenvalue weighted by Gasteiger charge is 2.23. The lowest BCUT2D eigenvalue weighted by molar-refractivity contribution is -0.111. The van der Waals surface area contributed by atoms with Gasteiger partial charge < -0.3 is 20.3 Å². The van der Waals surface area contributed by atoms with Crippen LogP contribution in [-0.4, -0.2) is 47.0 Å². The molecule has 0 unspecified atom stereocenters. The molecule has 0 radical (unpaired) electrons. The molecule has 35 heavy (non-hydrogen) atoms. The average molecular weight is 498 g/mol. The molecule has 1 aliphatic rings. The van der Waals surface area contributed by atoms with Crippen molar-refractivity contribution >= 4 is 45.6 Å². The van der Waals surface area contributed by atoms with E-state index in [2.05, 4.69) is 39.3 Å². The SMILES string of the molecule is CCN(CC)CC=CC(=O)Nc1cc2c(Nc3ccc(F)c(Cl)c3)ncnc2cc1OCC1CC1. The number of carbonyl (C=O) groups excluding carboxylic acids is 1. The van der Waals surface area contributed by atoms with Gasteiger partial charge in [0.1, 0.15) is 23.7 Å². The largest absolute Gasteiger partial charge is 0.491 e. The molecule has 1 amide bonds. The number of benzene rings is 2. The van der Waals surface area contributed by atoms with Gasteiger partial charge in [-0.05, 0) is 56.1 Å². The second kappa shape index (κ2) is 11.5. The van der Waals surface area contributed by atoms with E-state index in [0.29, 0.717) is 52.9 Å². The molecule has 2 N–H and O–H groups in total. The van der Waals surface area contributed by atoms with Crippen molar-refractivity contribution in [2.75, 3.05) is 36.9 Å². The second-order valence-electron chi connectivity index (χ2n) is 8.47. The first-order valence-corrected chi connectivity index (χ1v) is 12.2. The lowest BCUT2D eigenvalue weighted by Gasteiger charge is -2.16. The zero-order valence-electron chi connectivity index (χ0n) is 19.9. The summed E-state index contributed by atoms with van der Waals surface area (Å²) in [5.41, 5.74) is 1.76. The van der Waals surface area contributed by atoms with E-state index in [1.54, 1.807) is 18.2 Å². The minimum atomic E-state index is -0.499. The van der Waals surface area contributed by atoms with Gasteiger partial charge in [0.15, 0.2) is 0 Å². The van der Waals surface area contributed by atoms with E-state index in [0.717, 1.165) is 25.9 Å². The Balaban J connectivity index is 1.61. The van der Waals surface area contributed by atoms with Crippen molar-refractivity contribution in [3.63, 3.8) is 0 Å². The minimum absolute atomic E-state index is 0.00794. The third-order valence-electron chi connectivity index (χ3n) is 5.88. The van der Waals surface area contributed by atoms with Crippen LogP contribution in [0.25, 0.3) is 10.9 Å². The lowest BCUT2D eigenvalue weighted by Crippen LogP contribution is -2.23. The number of amides is 1. The summed E-state index contributed by atoms with van der Waals surface area (Å²) in [4.78, 5) is 23.6. The zero-order valence-corrected chi connectivity index (χ0v) is 20.6. The molecule has 3 aromatic rings. The van der Waals surface area contributed by atoms with E-state index in [4.69, 9.17) is 16.3 Å². The molecular weight excluding hydrogens is 469 g/mol. The van der Waals surface area contributed by atoms with Crippen LogP contribution in [0, 0.1) is 11.7 Å². The molecule has 2 aromatic carbocycles. The third-order valence-corrected chi connectivity index (χ3v) is 6.17. The summed E-state index contributed by atoms with van der Waals surface area (Å²) in [5, 5.41) is 6.78. The fourth-order valence-corrected chi connectivity index (χ4v) is 3.75. The van der Waals surface area contributed by atoms with Gasteiger partial charge in [-0.25, -0.2) is 14.4 Å². The van der Waals surface area contributed by atoms with Crippen LogP contribution in [0.1, 0.15) is 26.7 Å². The highest BCUT2D eigenvalue weighted by Crippen LogP contribution is 2.36. The maximum atomic E-state index is 13.6. The molecule has 1 saturated carbocycles. The smallest absolute Gasteiger partial charge is 0.248 e. The van der Waals surface area contributed by atoms with E-state index < -0.39 is 5.82 Å². The number of nitrogens with one attached hydrogen (secondary N) is 2. The first-order valence-electron chi connectivity index (χ1n) is 11.8. The van der Waals surface area contributed by atoms with Crippen molar-refractivity contribution in [1.29, 1.82) is 0 Å². The molecule has 4 rings (SSSR count). The summed E-state index contributed by atoms with van der Waals surface area (Å²) in [7, 11) is 0. The van der Waals surface area contributed by atoms with E-state index in [-0.39, 0.29) is 10.9 Å². The Hall–Kier alpha value is -3.23. The topological polar surface area (TPSA) is 79.4 Å². The third kappa shape index (κ3) is 6.68. The molecule has 0 spiro atoms. The minimum Gasteiger partial charge on any atom is -0.491 e. The van der Waals surface area contributed by atoms with Gasteiger partial charge in [0.25, 0.3) is 0 Å². The number of likely N-dealkylation sites (N-methyl/N-ethyl adjacent to an activating group) is 1. The number of fused-ring (bicyclic) bond motifs is 1. The Labute approximate surface area is 209 Å². The molecule has 0 atom stereocenters.